The summed E-state index contributed by atoms with van der Waals surface area (Å²) in [6.07, 6.45) is 67.9. The second-order valence-electron chi connectivity index (χ2n) is 18.9. The molecule has 0 amide bonds. The Morgan fingerprint density at radius 2 is 0.591 bits per heavy atom. The van der Waals surface area contributed by atoms with Crippen LogP contribution in [0.1, 0.15) is 284 Å². The smallest absolute Gasteiger partial charge is 0.306 e. The number of carbonyl (C=O) groups is 3. The Labute approximate surface area is 409 Å². The van der Waals surface area contributed by atoms with Crippen molar-refractivity contribution in [1.82, 2.24) is 0 Å². The summed E-state index contributed by atoms with van der Waals surface area (Å²) in [5.41, 5.74) is 0. The van der Waals surface area contributed by atoms with Crippen LogP contribution in [0.4, 0.5) is 0 Å². The molecule has 0 bridgehead atoms. The van der Waals surface area contributed by atoms with Gasteiger partial charge in [0.05, 0.1) is 0 Å². The highest BCUT2D eigenvalue weighted by molar-refractivity contribution is 5.71. The van der Waals surface area contributed by atoms with Gasteiger partial charge in [-0.15, -0.1) is 0 Å². The van der Waals surface area contributed by atoms with Gasteiger partial charge in [-0.05, 0) is 64.2 Å². The SMILES string of the molecule is CC/C=C/C=C/C=C/CCCCCCCC(=O)OCC(COC(=O)CCCCCCCCCCCCCCCCCCCCC)OC(=O)CCCCC/C=C/C=C/CCCCCCCCC. The molecule has 1 unspecified atom stereocenters. The van der Waals surface area contributed by atoms with E-state index in [1.807, 2.05) is 0 Å². The first kappa shape index (κ1) is 63.1. The molecule has 0 aliphatic heterocycles. The van der Waals surface area contributed by atoms with Crippen LogP contribution in [0.2, 0.25) is 0 Å². The van der Waals surface area contributed by atoms with Crippen molar-refractivity contribution in [3.63, 3.8) is 0 Å². The average molecular weight is 924 g/mol. The number of hydrogen-bond donors (Lipinski definition) is 0. The predicted molar refractivity (Wildman–Crippen MR) is 284 cm³/mol. The van der Waals surface area contributed by atoms with E-state index in [0.717, 1.165) is 96.3 Å². The number of rotatable bonds is 51. The predicted octanol–water partition coefficient (Wildman–Crippen LogP) is 18.8. The highest BCUT2D eigenvalue weighted by Crippen LogP contribution is 2.16. The van der Waals surface area contributed by atoms with Crippen molar-refractivity contribution in [2.45, 2.75) is 290 Å². The van der Waals surface area contributed by atoms with Gasteiger partial charge in [0.1, 0.15) is 13.2 Å². The Morgan fingerprint density at radius 3 is 0.939 bits per heavy atom. The molecule has 382 valence electrons. The molecule has 66 heavy (non-hydrogen) atoms. The maximum atomic E-state index is 12.8. The Morgan fingerprint density at radius 1 is 0.318 bits per heavy atom. The molecule has 0 N–H and O–H groups in total. The van der Waals surface area contributed by atoms with E-state index in [1.54, 1.807) is 0 Å². The summed E-state index contributed by atoms with van der Waals surface area (Å²) >= 11 is 0. The number of hydrogen-bond acceptors (Lipinski definition) is 6. The summed E-state index contributed by atoms with van der Waals surface area (Å²) in [7, 11) is 0. The zero-order valence-corrected chi connectivity index (χ0v) is 43.7. The fourth-order valence-corrected chi connectivity index (χ4v) is 8.08. The molecular formula is C60H106O6. The van der Waals surface area contributed by atoms with E-state index in [2.05, 4.69) is 81.5 Å². The van der Waals surface area contributed by atoms with Crippen LogP contribution in [-0.2, 0) is 28.6 Å². The lowest BCUT2D eigenvalue weighted by atomic mass is 10.0. The van der Waals surface area contributed by atoms with E-state index < -0.39 is 6.10 Å². The largest absolute Gasteiger partial charge is 0.462 e. The number of esters is 3. The van der Waals surface area contributed by atoms with Crippen molar-refractivity contribution >= 4 is 17.9 Å². The van der Waals surface area contributed by atoms with E-state index in [1.165, 1.54) is 148 Å². The van der Waals surface area contributed by atoms with E-state index in [-0.39, 0.29) is 31.1 Å². The minimum Gasteiger partial charge on any atom is -0.462 e. The van der Waals surface area contributed by atoms with Crippen LogP contribution in [0, 0.1) is 0 Å². The zero-order valence-electron chi connectivity index (χ0n) is 43.7. The van der Waals surface area contributed by atoms with Gasteiger partial charge in [-0.2, -0.15) is 0 Å². The molecule has 0 aliphatic rings. The minimum atomic E-state index is -0.795. The van der Waals surface area contributed by atoms with Crippen molar-refractivity contribution in [3.8, 4) is 0 Å². The van der Waals surface area contributed by atoms with Gasteiger partial charge < -0.3 is 14.2 Å². The molecular weight excluding hydrogens is 817 g/mol. The molecule has 1 atom stereocenters. The number of ether oxygens (including phenoxy) is 3. The molecule has 0 saturated heterocycles. The van der Waals surface area contributed by atoms with Crippen LogP contribution < -0.4 is 0 Å². The average Bonchev–Trinajstić information content (AvgIpc) is 3.31. The minimum absolute atomic E-state index is 0.0894. The molecule has 0 rings (SSSR count). The van der Waals surface area contributed by atoms with E-state index >= 15 is 0 Å². The molecule has 0 aromatic heterocycles. The Hall–Kier alpha value is -2.89. The first-order valence-corrected chi connectivity index (χ1v) is 28.3. The molecule has 0 fully saturated rings. The van der Waals surface area contributed by atoms with Gasteiger partial charge in [0.25, 0.3) is 0 Å². The van der Waals surface area contributed by atoms with Crippen LogP contribution >= 0.6 is 0 Å². The van der Waals surface area contributed by atoms with Crippen LogP contribution in [0.25, 0.3) is 0 Å². The number of unbranched alkanes of at least 4 members (excludes halogenated alkanes) is 33. The fourth-order valence-electron chi connectivity index (χ4n) is 8.08. The highest BCUT2D eigenvalue weighted by atomic mass is 16.6. The fraction of sp³-hybridized carbons (Fsp3) is 0.783. The summed E-state index contributed by atoms with van der Waals surface area (Å²) in [4.78, 5) is 38.1. The van der Waals surface area contributed by atoms with Crippen LogP contribution in [0.5, 0.6) is 0 Å². The van der Waals surface area contributed by atoms with E-state index in [0.29, 0.717) is 19.3 Å². The summed E-state index contributed by atoms with van der Waals surface area (Å²) in [6.45, 7) is 6.49. The van der Waals surface area contributed by atoms with Crippen molar-refractivity contribution in [2.75, 3.05) is 13.2 Å². The van der Waals surface area contributed by atoms with Crippen LogP contribution in [0.15, 0.2) is 60.8 Å². The first-order chi connectivity index (χ1) is 32.5. The summed E-state index contributed by atoms with van der Waals surface area (Å²) in [5, 5.41) is 0. The van der Waals surface area contributed by atoms with Gasteiger partial charge in [-0.1, -0.05) is 261 Å². The maximum Gasteiger partial charge on any atom is 0.306 e. The second-order valence-corrected chi connectivity index (χ2v) is 18.9. The quantitative estimate of drug-likeness (QED) is 0.0262. The number of allylic oxidation sites excluding steroid dienone is 10. The topological polar surface area (TPSA) is 78.9 Å². The lowest BCUT2D eigenvalue weighted by Crippen LogP contribution is -2.30. The monoisotopic (exact) mass is 923 g/mol. The molecule has 0 spiro atoms. The van der Waals surface area contributed by atoms with Crippen molar-refractivity contribution < 1.29 is 28.6 Å². The lowest BCUT2D eigenvalue weighted by molar-refractivity contribution is -0.167. The van der Waals surface area contributed by atoms with Crippen LogP contribution in [-0.4, -0.2) is 37.2 Å². The second kappa shape index (κ2) is 54.7. The molecule has 0 saturated carbocycles. The molecule has 0 heterocycles. The molecule has 0 aliphatic carbocycles. The van der Waals surface area contributed by atoms with Gasteiger partial charge >= 0.3 is 17.9 Å². The molecule has 0 aromatic carbocycles. The third kappa shape index (κ3) is 52.1. The van der Waals surface area contributed by atoms with Crippen LogP contribution in [0.3, 0.4) is 0 Å². The Balaban J connectivity index is 4.38. The summed E-state index contributed by atoms with van der Waals surface area (Å²) in [6, 6.07) is 0. The van der Waals surface area contributed by atoms with Gasteiger partial charge in [-0.25, -0.2) is 0 Å². The van der Waals surface area contributed by atoms with E-state index in [4.69, 9.17) is 14.2 Å². The molecule has 6 heteroatoms. The van der Waals surface area contributed by atoms with Gasteiger partial charge in [0, 0.05) is 19.3 Å². The third-order valence-corrected chi connectivity index (χ3v) is 12.3. The maximum absolute atomic E-state index is 12.8. The lowest BCUT2D eigenvalue weighted by Gasteiger charge is -2.18. The Kier molecular flexibility index (Phi) is 52.3. The number of carbonyl (C=O) groups excluding carboxylic acids is 3. The highest BCUT2D eigenvalue weighted by Gasteiger charge is 2.19. The molecule has 6 nitrogen and oxygen atoms in total. The standard InChI is InChI=1S/C60H106O6/c1-4-7-10-13-16-19-22-25-27-29-30-31-33-35-38-41-44-47-50-53-59(62)65-56-57(55-64-58(61)52-49-46-43-40-37-34-24-21-18-15-12-9-6-3)66-60(63)54-51-48-45-42-39-36-32-28-26-23-20-17-14-11-8-5-2/h9,12,15,18,21,24,28,32,36,39,57H,4-8,10-11,13-14,16-17,19-20,22-23,25-27,29-31,33-35,37-38,40-56H2,1-3H3/b12-9+,18-15+,24-21+,32-28+,39-36+. The zero-order chi connectivity index (χ0) is 47.9. The first-order valence-electron chi connectivity index (χ1n) is 28.3. The normalized spacial score (nSPS) is 12.5. The van der Waals surface area contributed by atoms with Gasteiger partial charge in [-0.3, -0.25) is 14.4 Å². The van der Waals surface area contributed by atoms with E-state index in [9.17, 15) is 14.4 Å². The van der Waals surface area contributed by atoms with Crippen molar-refractivity contribution in [2.24, 2.45) is 0 Å². The molecule has 0 radical (unpaired) electrons. The van der Waals surface area contributed by atoms with Crippen molar-refractivity contribution in [1.29, 1.82) is 0 Å². The Bertz CT molecular complexity index is 1200. The van der Waals surface area contributed by atoms with Gasteiger partial charge in [0.2, 0.25) is 0 Å². The van der Waals surface area contributed by atoms with Gasteiger partial charge in [0.15, 0.2) is 6.10 Å². The summed E-state index contributed by atoms with van der Waals surface area (Å²) in [5.74, 6) is -0.927. The van der Waals surface area contributed by atoms with Crippen molar-refractivity contribution in [3.05, 3.63) is 60.8 Å². The molecule has 0 aromatic rings. The third-order valence-electron chi connectivity index (χ3n) is 12.3. The summed E-state index contributed by atoms with van der Waals surface area (Å²) < 4.78 is 16.8.